The van der Waals surface area contributed by atoms with Crippen LogP contribution >= 0.6 is 12.4 Å². The zero-order valence-electron chi connectivity index (χ0n) is 9.73. The summed E-state index contributed by atoms with van der Waals surface area (Å²) in [5.41, 5.74) is 5.78. The predicted molar refractivity (Wildman–Crippen MR) is 66.5 cm³/mol. The van der Waals surface area contributed by atoms with E-state index in [0.717, 1.165) is 24.6 Å². The van der Waals surface area contributed by atoms with Crippen molar-refractivity contribution < 1.29 is 13.6 Å². The molecular formula is C12H15ClF2N2O. The van der Waals surface area contributed by atoms with Gasteiger partial charge in [0.25, 0.3) is 0 Å². The quantitative estimate of drug-likeness (QED) is 0.890. The lowest BCUT2D eigenvalue weighted by Crippen LogP contribution is -2.33. The average Bonchev–Trinajstić information content (AvgIpc) is 2.70. The third-order valence-corrected chi connectivity index (χ3v) is 2.93. The van der Waals surface area contributed by atoms with Gasteiger partial charge in [0.2, 0.25) is 5.91 Å². The number of hydrogen-bond acceptors (Lipinski definition) is 2. The molecule has 0 aliphatic carbocycles. The van der Waals surface area contributed by atoms with Gasteiger partial charge in [0.1, 0.15) is 11.6 Å². The van der Waals surface area contributed by atoms with E-state index in [1.807, 2.05) is 0 Å². The van der Waals surface area contributed by atoms with E-state index < -0.39 is 11.6 Å². The van der Waals surface area contributed by atoms with Crippen LogP contribution in [0.1, 0.15) is 12.0 Å². The number of carbonyl (C=O) groups is 1. The van der Waals surface area contributed by atoms with Crippen molar-refractivity contribution in [3.05, 3.63) is 35.4 Å². The second-order valence-electron chi connectivity index (χ2n) is 4.30. The fraction of sp³-hybridized carbons (Fsp3) is 0.417. The number of hydrogen-bond donors (Lipinski definition) is 1. The standard InChI is InChI=1S/C12H14F2N2O.ClH/c13-9-1-2-11(14)8(5-9)6-12(17)16-4-3-10(15)7-16;/h1-2,5,10H,3-4,6-7,15H2;1H. The number of carbonyl (C=O) groups excluding carboxylic acids is 1. The summed E-state index contributed by atoms with van der Waals surface area (Å²) >= 11 is 0. The Bertz CT molecular complexity index is 442. The highest BCUT2D eigenvalue weighted by atomic mass is 35.5. The monoisotopic (exact) mass is 276 g/mol. The predicted octanol–water partition coefficient (Wildman–Crippen LogP) is 1.49. The molecular weight excluding hydrogens is 262 g/mol. The summed E-state index contributed by atoms with van der Waals surface area (Å²) in [7, 11) is 0. The third kappa shape index (κ3) is 3.40. The number of benzene rings is 1. The first-order valence-corrected chi connectivity index (χ1v) is 5.53. The minimum absolute atomic E-state index is 0. The van der Waals surface area contributed by atoms with E-state index in [2.05, 4.69) is 0 Å². The summed E-state index contributed by atoms with van der Waals surface area (Å²) in [6.07, 6.45) is 0.647. The van der Waals surface area contributed by atoms with Gasteiger partial charge >= 0.3 is 0 Å². The van der Waals surface area contributed by atoms with Crippen molar-refractivity contribution in [2.75, 3.05) is 13.1 Å². The number of rotatable bonds is 2. The maximum Gasteiger partial charge on any atom is 0.227 e. The summed E-state index contributed by atoms with van der Waals surface area (Å²) in [6, 6.07) is 3.13. The second-order valence-corrected chi connectivity index (χ2v) is 4.30. The first kappa shape index (κ1) is 14.9. The minimum atomic E-state index is -0.553. The van der Waals surface area contributed by atoms with Crippen LogP contribution in [0.25, 0.3) is 0 Å². The molecule has 2 N–H and O–H groups in total. The van der Waals surface area contributed by atoms with Crippen molar-refractivity contribution in [3.63, 3.8) is 0 Å². The lowest BCUT2D eigenvalue weighted by molar-refractivity contribution is -0.129. The molecule has 1 aromatic rings. The van der Waals surface area contributed by atoms with E-state index in [9.17, 15) is 13.6 Å². The smallest absolute Gasteiger partial charge is 0.227 e. The summed E-state index contributed by atoms with van der Waals surface area (Å²) in [6.45, 7) is 1.09. The van der Waals surface area contributed by atoms with Crippen LogP contribution in [0.5, 0.6) is 0 Å². The molecule has 2 rings (SSSR count). The van der Waals surface area contributed by atoms with Crippen LogP contribution in [0, 0.1) is 11.6 Å². The molecule has 1 aliphatic heterocycles. The van der Waals surface area contributed by atoms with Gasteiger partial charge in [-0.15, -0.1) is 12.4 Å². The molecule has 0 bridgehead atoms. The molecule has 1 amide bonds. The van der Waals surface area contributed by atoms with Crippen LogP contribution in [0.3, 0.4) is 0 Å². The summed E-state index contributed by atoms with van der Waals surface area (Å²) < 4.78 is 26.3. The molecule has 0 spiro atoms. The van der Waals surface area contributed by atoms with Crippen LogP contribution in [0.4, 0.5) is 8.78 Å². The molecule has 0 aromatic heterocycles. The molecule has 1 aliphatic rings. The first-order valence-electron chi connectivity index (χ1n) is 5.53. The van der Waals surface area contributed by atoms with Crippen LogP contribution in [-0.2, 0) is 11.2 Å². The largest absolute Gasteiger partial charge is 0.341 e. The average molecular weight is 277 g/mol. The number of nitrogens with two attached hydrogens (primary N) is 1. The van der Waals surface area contributed by atoms with Gasteiger partial charge in [-0.2, -0.15) is 0 Å². The SMILES string of the molecule is Cl.NC1CCN(C(=O)Cc2cc(F)ccc2F)C1. The zero-order chi connectivity index (χ0) is 12.4. The van der Waals surface area contributed by atoms with Crippen molar-refractivity contribution in [3.8, 4) is 0 Å². The minimum Gasteiger partial charge on any atom is -0.341 e. The summed E-state index contributed by atoms with van der Waals surface area (Å²) in [5, 5.41) is 0. The van der Waals surface area contributed by atoms with Gasteiger partial charge in [-0.25, -0.2) is 8.78 Å². The molecule has 1 unspecified atom stereocenters. The molecule has 1 aromatic carbocycles. The van der Waals surface area contributed by atoms with Crippen molar-refractivity contribution in [2.24, 2.45) is 5.73 Å². The van der Waals surface area contributed by atoms with Crippen molar-refractivity contribution >= 4 is 18.3 Å². The van der Waals surface area contributed by atoms with Gasteiger partial charge in [0, 0.05) is 24.7 Å². The topological polar surface area (TPSA) is 46.3 Å². The van der Waals surface area contributed by atoms with Crippen LogP contribution in [0.2, 0.25) is 0 Å². The molecule has 1 atom stereocenters. The fourth-order valence-electron chi connectivity index (χ4n) is 1.97. The Morgan fingerprint density at radius 1 is 1.44 bits per heavy atom. The second kappa shape index (κ2) is 6.11. The van der Waals surface area contributed by atoms with Gasteiger partial charge in [-0.3, -0.25) is 4.79 Å². The highest BCUT2D eigenvalue weighted by molar-refractivity contribution is 5.85. The Labute approximate surface area is 110 Å². The molecule has 100 valence electrons. The Morgan fingerprint density at radius 2 is 2.17 bits per heavy atom. The fourth-order valence-corrected chi connectivity index (χ4v) is 1.97. The molecule has 0 saturated carbocycles. The van der Waals surface area contributed by atoms with E-state index >= 15 is 0 Å². The summed E-state index contributed by atoms with van der Waals surface area (Å²) in [4.78, 5) is 13.4. The van der Waals surface area contributed by atoms with Crippen molar-refractivity contribution in [1.29, 1.82) is 0 Å². The van der Waals surface area contributed by atoms with Crippen molar-refractivity contribution in [2.45, 2.75) is 18.9 Å². The lowest BCUT2D eigenvalue weighted by atomic mass is 10.1. The molecule has 1 heterocycles. The van der Waals surface area contributed by atoms with Gasteiger partial charge in [0.05, 0.1) is 6.42 Å². The van der Waals surface area contributed by atoms with Crippen LogP contribution in [-0.4, -0.2) is 29.9 Å². The first-order chi connectivity index (χ1) is 8.06. The van der Waals surface area contributed by atoms with Gasteiger partial charge in [-0.05, 0) is 24.6 Å². The molecule has 0 radical (unpaired) electrons. The number of amides is 1. The van der Waals surface area contributed by atoms with E-state index in [1.165, 1.54) is 0 Å². The highest BCUT2D eigenvalue weighted by Gasteiger charge is 2.24. The molecule has 6 heteroatoms. The van der Waals surface area contributed by atoms with E-state index in [1.54, 1.807) is 4.90 Å². The van der Waals surface area contributed by atoms with Crippen molar-refractivity contribution in [1.82, 2.24) is 4.90 Å². The maximum absolute atomic E-state index is 13.3. The van der Waals surface area contributed by atoms with Gasteiger partial charge < -0.3 is 10.6 Å². The third-order valence-electron chi connectivity index (χ3n) is 2.93. The summed E-state index contributed by atoms with van der Waals surface area (Å²) in [5.74, 6) is -1.29. The molecule has 1 saturated heterocycles. The molecule has 18 heavy (non-hydrogen) atoms. The Kier molecular flexibility index (Phi) is 5.04. The van der Waals surface area contributed by atoms with E-state index in [0.29, 0.717) is 13.1 Å². The number of nitrogens with zero attached hydrogens (tertiary/aromatic N) is 1. The van der Waals surface area contributed by atoms with E-state index in [-0.39, 0.29) is 36.3 Å². The highest BCUT2D eigenvalue weighted by Crippen LogP contribution is 2.14. The molecule has 3 nitrogen and oxygen atoms in total. The normalized spacial score (nSPS) is 18.6. The Hall–Kier alpha value is -1.20. The van der Waals surface area contributed by atoms with Crippen LogP contribution in [0.15, 0.2) is 18.2 Å². The maximum atomic E-state index is 13.3. The van der Waals surface area contributed by atoms with E-state index in [4.69, 9.17) is 5.73 Å². The molecule has 1 fully saturated rings. The van der Waals surface area contributed by atoms with Gasteiger partial charge in [0.15, 0.2) is 0 Å². The van der Waals surface area contributed by atoms with Gasteiger partial charge in [-0.1, -0.05) is 0 Å². The number of halogens is 3. The van der Waals surface area contributed by atoms with Crippen LogP contribution < -0.4 is 5.73 Å². The zero-order valence-corrected chi connectivity index (χ0v) is 10.6. The Balaban J connectivity index is 0.00000162. The lowest BCUT2D eigenvalue weighted by Gasteiger charge is -2.15. The Morgan fingerprint density at radius 3 is 2.78 bits per heavy atom. The number of likely N-dealkylation sites (tertiary alicyclic amines) is 1.